The highest BCUT2D eigenvalue weighted by Crippen LogP contribution is 2.27. The molecule has 0 spiro atoms. The zero-order valence-corrected chi connectivity index (χ0v) is 27.2. The zero-order chi connectivity index (χ0) is 33.1. The summed E-state index contributed by atoms with van der Waals surface area (Å²) in [6.07, 6.45) is 0.819. The monoisotopic (exact) mass is 645 g/mol. The summed E-state index contributed by atoms with van der Waals surface area (Å²) in [5, 5.41) is 2.88. The number of nitrogens with zero attached hydrogens (tertiary/aromatic N) is 2. The van der Waals surface area contributed by atoms with Crippen LogP contribution in [0.2, 0.25) is 0 Å². The van der Waals surface area contributed by atoms with E-state index in [9.17, 15) is 18.0 Å². The fraction of sp³-hybridized carbons (Fsp3) is 0.278. The van der Waals surface area contributed by atoms with Crippen molar-refractivity contribution in [3.05, 3.63) is 126 Å². The fourth-order valence-corrected chi connectivity index (χ4v) is 6.39. The number of ether oxygens (including phenoxy) is 1. The molecule has 10 heteroatoms. The number of amides is 2. The van der Waals surface area contributed by atoms with Gasteiger partial charge >= 0.3 is 0 Å². The summed E-state index contributed by atoms with van der Waals surface area (Å²) < 4.78 is 49.9. The number of aryl methyl sites for hydroxylation is 1. The van der Waals surface area contributed by atoms with Gasteiger partial charge in [-0.2, -0.15) is 0 Å². The SMILES string of the molecule is CCCNC(=O)[C@H](Cc1ccccc1)N(Cc1ccccc1F)C(=O)CN(c1ccc(C)cc1)S(=O)(=O)c1ccc(OCC)cc1. The van der Waals surface area contributed by atoms with Crippen LogP contribution in [-0.4, -0.2) is 50.9 Å². The lowest BCUT2D eigenvalue weighted by Crippen LogP contribution is -2.53. The highest BCUT2D eigenvalue weighted by Gasteiger charge is 2.35. The van der Waals surface area contributed by atoms with Crippen molar-refractivity contribution < 1.29 is 27.1 Å². The van der Waals surface area contributed by atoms with Crippen molar-refractivity contribution in [1.82, 2.24) is 10.2 Å². The molecule has 4 aromatic carbocycles. The molecular weight excluding hydrogens is 605 g/mol. The van der Waals surface area contributed by atoms with Gasteiger partial charge in [-0.1, -0.05) is 73.2 Å². The number of carbonyl (C=O) groups excluding carboxylic acids is 2. The predicted molar refractivity (Wildman–Crippen MR) is 178 cm³/mol. The van der Waals surface area contributed by atoms with E-state index < -0.39 is 40.2 Å². The van der Waals surface area contributed by atoms with Crippen LogP contribution in [0, 0.1) is 12.7 Å². The van der Waals surface area contributed by atoms with E-state index >= 15 is 4.39 Å². The second kappa shape index (κ2) is 16.0. The van der Waals surface area contributed by atoms with E-state index in [1.54, 1.807) is 54.6 Å². The average molecular weight is 646 g/mol. The van der Waals surface area contributed by atoms with Gasteiger partial charge in [0.15, 0.2) is 0 Å². The van der Waals surface area contributed by atoms with E-state index in [1.165, 1.54) is 23.1 Å². The Morgan fingerprint density at radius 1 is 0.870 bits per heavy atom. The number of benzene rings is 4. The maximum Gasteiger partial charge on any atom is 0.264 e. The molecule has 0 aliphatic rings. The largest absolute Gasteiger partial charge is 0.494 e. The predicted octanol–water partition coefficient (Wildman–Crippen LogP) is 5.89. The Morgan fingerprint density at radius 3 is 2.15 bits per heavy atom. The molecule has 46 heavy (non-hydrogen) atoms. The molecule has 0 saturated heterocycles. The zero-order valence-electron chi connectivity index (χ0n) is 26.4. The van der Waals surface area contributed by atoms with E-state index in [0.29, 0.717) is 25.3 Å². The molecular formula is C36H40FN3O5S. The lowest BCUT2D eigenvalue weighted by Gasteiger charge is -2.34. The molecule has 0 unspecified atom stereocenters. The second-order valence-electron chi connectivity index (χ2n) is 10.9. The maximum absolute atomic E-state index is 15.0. The van der Waals surface area contributed by atoms with Crippen molar-refractivity contribution >= 4 is 27.5 Å². The lowest BCUT2D eigenvalue weighted by atomic mass is 10.0. The van der Waals surface area contributed by atoms with Crippen molar-refractivity contribution in [1.29, 1.82) is 0 Å². The van der Waals surface area contributed by atoms with Crippen molar-refractivity contribution in [2.24, 2.45) is 0 Å². The minimum Gasteiger partial charge on any atom is -0.494 e. The van der Waals surface area contributed by atoms with Crippen LogP contribution >= 0.6 is 0 Å². The molecule has 0 fully saturated rings. The summed E-state index contributed by atoms with van der Waals surface area (Å²) in [5.74, 6) is -1.10. The topological polar surface area (TPSA) is 96.0 Å². The normalized spacial score (nSPS) is 11.8. The molecule has 0 aliphatic heterocycles. The molecule has 0 saturated carbocycles. The molecule has 1 N–H and O–H groups in total. The standard InChI is InChI=1S/C36H40FN3O5S/c1-4-23-38-36(42)34(24-28-11-7-6-8-12-28)39(25-29-13-9-10-14-33(29)37)35(41)26-40(30-17-15-27(3)16-18-30)46(43,44)32-21-19-31(20-22-32)45-5-2/h6-22,34H,4-5,23-26H2,1-3H3,(H,38,42)/t34-/m0/s1. The summed E-state index contributed by atoms with van der Waals surface area (Å²) in [4.78, 5) is 29.4. The molecule has 0 aliphatic carbocycles. The number of sulfonamides is 1. The molecule has 4 aromatic rings. The summed E-state index contributed by atoms with van der Waals surface area (Å²) >= 11 is 0. The quantitative estimate of drug-likeness (QED) is 0.174. The van der Waals surface area contributed by atoms with Crippen LogP contribution in [0.4, 0.5) is 10.1 Å². The number of rotatable bonds is 15. The van der Waals surface area contributed by atoms with E-state index in [2.05, 4.69) is 5.32 Å². The third-order valence-electron chi connectivity index (χ3n) is 7.44. The Labute approximate surface area is 270 Å². The van der Waals surface area contributed by atoms with Gasteiger partial charge in [0.05, 0.1) is 17.2 Å². The van der Waals surface area contributed by atoms with Crippen LogP contribution in [0.15, 0.2) is 108 Å². The average Bonchev–Trinajstić information content (AvgIpc) is 3.06. The summed E-state index contributed by atoms with van der Waals surface area (Å²) in [7, 11) is -4.27. The van der Waals surface area contributed by atoms with Crippen molar-refractivity contribution in [3.63, 3.8) is 0 Å². The van der Waals surface area contributed by atoms with Crippen molar-refractivity contribution in [2.45, 2.75) is 51.1 Å². The number of nitrogens with one attached hydrogen (secondary N) is 1. The Morgan fingerprint density at radius 2 is 1.52 bits per heavy atom. The Balaban J connectivity index is 1.79. The van der Waals surface area contributed by atoms with Gasteiger partial charge < -0.3 is 15.0 Å². The third-order valence-corrected chi connectivity index (χ3v) is 9.23. The van der Waals surface area contributed by atoms with E-state index in [-0.39, 0.29) is 29.1 Å². The van der Waals surface area contributed by atoms with Crippen molar-refractivity contribution in [3.8, 4) is 5.75 Å². The molecule has 8 nitrogen and oxygen atoms in total. The van der Waals surface area contributed by atoms with Gasteiger partial charge in [-0.3, -0.25) is 13.9 Å². The highest BCUT2D eigenvalue weighted by molar-refractivity contribution is 7.92. The Hall–Kier alpha value is -4.70. The summed E-state index contributed by atoms with van der Waals surface area (Å²) in [6, 6.07) is 27.0. The van der Waals surface area contributed by atoms with Crippen molar-refractivity contribution in [2.75, 3.05) is 24.0 Å². The molecule has 0 bridgehead atoms. The van der Waals surface area contributed by atoms with Gasteiger partial charge in [-0.15, -0.1) is 0 Å². The van der Waals surface area contributed by atoms with Gasteiger partial charge in [0.2, 0.25) is 11.8 Å². The molecule has 0 heterocycles. The van der Waals surface area contributed by atoms with Gasteiger partial charge in [0, 0.05) is 25.1 Å². The summed E-state index contributed by atoms with van der Waals surface area (Å²) in [6.45, 7) is 5.56. The summed E-state index contributed by atoms with van der Waals surface area (Å²) in [5.41, 5.74) is 2.18. The molecule has 242 valence electrons. The van der Waals surface area contributed by atoms with Gasteiger partial charge in [-0.25, -0.2) is 12.8 Å². The molecule has 0 aromatic heterocycles. The minimum absolute atomic E-state index is 0.0356. The molecule has 0 radical (unpaired) electrons. The number of anilines is 1. The highest BCUT2D eigenvalue weighted by atomic mass is 32.2. The molecule has 1 atom stereocenters. The van der Waals surface area contributed by atoms with Crippen LogP contribution in [0.25, 0.3) is 0 Å². The maximum atomic E-state index is 15.0. The first kappa shape index (κ1) is 34.2. The smallest absolute Gasteiger partial charge is 0.264 e. The first-order valence-corrected chi connectivity index (χ1v) is 16.7. The Bertz CT molecular complexity index is 1700. The minimum atomic E-state index is -4.27. The number of halogens is 1. The lowest BCUT2D eigenvalue weighted by molar-refractivity contribution is -0.140. The van der Waals surface area contributed by atoms with E-state index in [1.807, 2.05) is 51.1 Å². The van der Waals surface area contributed by atoms with E-state index in [0.717, 1.165) is 15.4 Å². The first-order valence-electron chi connectivity index (χ1n) is 15.3. The van der Waals surface area contributed by atoms with Gasteiger partial charge in [-0.05, 0) is 68.3 Å². The fourth-order valence-electron chi connectivity index (χ4n) is 4.97. The number of hydrogen-bond acceptors (Lipinski definition) is 5. The second-order valence-corrected chi connectivity index (χ2v) is 12.7. The van der Waals surface area contributed by atoms with Crippen LogP contribution in [0.5, 0.6) is 5.75 Å². The molecule has 4 rings (SSSR count). The van der Waals surface area contributed by atoms with Gasteiger partial charge in [0.25, 0.3) is 10.0 Å². The Kier molecular flexibility index (Phi) is 11.9. The number of hydrogen-bond donors (Lipinski definition) is 1. The van der Waals surface area contributed by atoms with Crippen LogP contribution in [0.3, 0.4) is 0 Å². The van der Waals surface area contributed by atoms with Crippen LogP contribution < -0.4 is 14.4 Å². The van der Waals surface area contributed by atoms with Crippen LogP contribution in [-0.2, 0) is 32.6 Å². The van der Waals surface area contributed by atoms with Crippen LogP contribution in [0.1, 0.15) is 37.0 Å². The van der Waals surface area contributed by atoms with Gasteiger partial charge in [0.1, 0.15) is 24.2 Å². The number of carbonyl (C=O) groups is 2. The van der Waals surface area contributed by atoms with E-state index in [4.69, 9.17) is 4.74 Å². The molecule has 2 amide bonds. The third kappa shape index (κ3) is 8.72. The first-order chi connectivity index (χ1) is 22.1.